The van der Waals surface area contributed by atoms with Crippen molar-refractivity contribution in [2.45, 2.75) is 32.6 Å². The first-order chi connectivity index (χ1) is 15.1. The number of aromatic nitrogens is 2. The van der Waals surface area contributed by atoms with Gasteiger partial charge in [-0.05, 0) is 56.4 Å². The van der Waals surface area contributed by atoms with Gasteiger partial charge in [0.25, 0.3) is 5.91 Å². The first-order valence-electron chi connectivity index (χ1n) is 11.3. The van der Waals surface area contributed by atoms with Crippen LogP contribution in [-0.4, -0.2) is 70.9 Å². The number of piperazine rings is 1. The molecule has 0 spiro atoms. The first kappa shape index (κ1) is 21.3. The van der Waals surface area contributed by atoms with E-state index < -0.39 is 0 Å². The van der Waals surface area contributed by atoms with Gasteiger partial charge in [0.15, 0.2) is 0 Å². The predicted octanol–water partition coefficient (Wildman–Crippen LogP) is 2.77. The molecule has 2 aromatic heterocycles. The number of hydrogen-bond acceptors (Lipinski definition) is 5. The number of likely N-dealkylation sites (tertiary alicyclic amines) is 1. The molecule has 2 aliphatic rings. The summed E-state index contributed by atoms with van der Waals surface area (Å²) in [6.45, 7) is 6.51. The van der Waals surface area contributed by atoms with Crippen molar-refractivity contribution in [3.63, 3.8) is 0 Å². The minimum Gasteiger partial charge on any atom is -0.353 e. The van der Waals surface area contributed by atoms with Crippen LogP contribution in [0.1, 0.15) is 41.7 Å². The standard InChI is InChI=1S/C24H31N5O2/c1-19-21(7-4-12-25-19)24(31)29-13-5-6-20(18-29)9-10-23(30)28-16-14-27(15-17-28)22-8-2-3-11-26-22/h2-4,7-8,11-12,20H,5-6,9-10,13-18H2,1H3/t20-/m0/s1. The monoisotopic (exact) mass is 421 g/mol. The second-order valence-corrected chi connectivity index (χ2v) is 8.49. The summed E-state index contributed by atoms with van der Waals surface area (Å²) in [7, 11) is 0. The molecule has 2 fully saturated rings. The van der Waals surface area contributed by atoms with Crippen molar-refractivity contribution >= 4 is 17.6 Å². The van der Waals surface area contributed by atoms with Crippen molar-refractivity contribution in [2.24, 2.45) is 5.92 Å². The van der Waals surface area contributed by atoms with Gasteiger partial charge in [0.05, 0.1) is 5.56 Å². The lowest BCUT2D eigenvalue weighted by Crippen LogP contribution is -2.49. The Morgan fingerprint density at radius 1 is 0.968 bits per heavy atom. The average Bonchev–Trinajstić information content (AvgIpc) is 2.83. The highest BCUT2D eigenvalue weighted by atomic mass is 16.2. The van der Waals surface area contributed by atoms with Crippen LogP contribution >= 0.6 is 0 Å². The number of anilines is 1. The lowest BCUT2D eigenvalue weighted by molar-refractivity contribution is -0.131. The summed E-state index contributed by atoms with van der Waals surface area (Å²) in [4.78, 5) is 40.5. The molecule has 1 atom stereocenters. The molecule has 2 aliphatic heterocycles. The third kappa shape index (κ3) is 5.21. The van der Waals surface area contributed by atoms with Crippen molar-refractivity contribution in [2.75, 3.05) is 44.2 Å². The van der Waals surface area contributed by atoms with E-state index in [0.29, 0.717) is 17.9 Å². The Bertz CT molecular complexity index is 896. The Kier molecular flexibility index (Phi) is 6.79. The summed E-state index contributed by atoms with van der Waals surface area (Å²) in [5, 5.41) is 0. The zero-order valence-corrected chi connectivity index (χ0v) is 18.2. The summed E-state index contributed by atoms with van der Waals surface area (Å²) in [5.74, 6) is 1.65. The van der Waals surface area contributed by atoms with Crippen molar-refractivity contribution in [3.8, 4) is 0 Å². The molecular formula is C24H31N5O2. The van der Waals surface area contributed by atoms with Crippen LogP contribution in [0.2, 0.25) is 0 Å². The van der Waals surface area contributed by atoms with E-state index in [0.717, 1.165) is 70.0 Å². The number of hydrogen-bond donors (Lipinski definition) is 0. The number of nitrogens with zero attached hydrogens (tertiary/aromatic N) is 5. The third-order valence-corrected chi connectivity index (χ3v) is 6.42. The van der Waals surface area contributed by atoms with E-state index >= 15 is 0 Å². The van der Waals surface area contributed by atoms with Crippen molar-refractivity contribution in [1.29, 1.82) is 0 Å². The third-order valence-electron chi connectivity index (χ3n) is 6.42. The molecule has 31 heavy (non-hydrogen) atoms. The first-order valence-corrected chi connectivity index (χ1v) is 11.3. The van der Waals surface area contributed by atoms with E-state index in [-0.39, 0.29) is 11.8 Å². The van der Waals surface area contributed by atoms with Crippen molar-refractivity contribution in [3.05, 3.63) is 54.0 Å². The molecule has 0 radical (unpaired) electrons. The Morgan fingerprint density at radius 2 is 1.77 bits per heavy atom. The van der Waals surface area contributed by atoms with Crippen LogP contribution in [0.25, 0.3) is 0 Å². The van der Waals surface area contributed by atoms with E-state index in [9.17, 15) is 9.59 Å². The number of piperidine rings is 1. The molecule has 7 heteroatoms. The molecule has 2 saturated heterocycles. The lowest BCUT2D eigenvalue weighted by atomic mass is 9.92. The zero-order valence-electron chi connectivity index (χ0n) is 18.2. The number of carbonyl (C=O) groups excluding carboxylic acids is 2. The van der Waals surface area contributed by atoms with Crippen LogP contribution < -0.4 is 4.90 Å². The Labute approximate surface area is 184 Å². The molecule has 2 aromatic rings. The molecule has 0 N–H and O–H groups in total. The molecule has 2 amide bonds. The molecule has 164 valence electrons. The van der Waals surface area contributed by atoms with Crippen LogP contribution in [0.15, 0.2) is 42.7 Å². The highest BCUT2D eigenvalue weighted by Crippen LogP contribution is 2.24. The summed E-state index contributed by atoms with van der Waals surface area (Å²) in [6, 6.07) is 9.59. The van der Waals surface area contributed by atoms with Gasteiger partial charge >= 0.3 is 0 Å². The SMILES string of the molecule is Cc1ncccc1C(=O)N1CCC[C@@H](CCC(=O)N2CCN(c3ccccn3)CC2)C1. The maximum absolute atomic E-state index is 12.9. The zero-order chi connectivity index (χ0) is 21.6. The summed E-state index contributed by atoms with van der Waals surface area (Å²) in [5.41, 5.74) is 1.46. The van der Waals surface area contributed by atoms with E-state index in [1.165, 1.54) is 0 Å². The second kappa shape index (κ2) is 9.90. The Hall–Kier alpha value is -2.96. The van der Waals surface area contributed by atoms with E-state index in [4.69, 9.17) is 0 Å². The van der Waals surface area contributed by atoms with Gasteiger partial charge in [0.2, 0.25) is 5.91 Å². The lowest BCUT2D eigenvalue weighted by Gasteiger charge is -2.36. The molecule has 0 saturated carbocycles. The van der Waals surface area contributed by atoms with Crippen molar-refractivity contribution < 1.29 is 9.59 Å². The minimum absolute atomic E-state index is 0.0623. The fraction of sp³-hybridized carbons (Fsp3) is 0.500. The van der Waals surface area contributed by atoms with Gasteiger partial charge in [0, 0.05) is 63.8 Å². The fourth-order valence-corrected chi connectivity index (χ4v) is 4.58. The highest BCUT2D eigenvalue weighted by molar-refractivity contribution is 5.95. The molecule has 0 aliphatic carbocycles. The van der Waals surface area contributed by atoms with E-state index in [2.05, 4.69) is 14.9 Å². The summed E-state index contributed by atoms with van der Waals surface area (Å²) >= 11 is 0. The number of pyridine rings is 2. The van der Waals surface area contributed by atoms with Crippen LogP contribution in [-0.2, 0) is 4.79 Å². The van der Waals surface area contributed by atoms with Gasteiger partial charge in [0.1, 0.15) is 5.82 Å². The van der Waals surface area contributed by atoms with Crippen LogP contribution in [0.4, 0.5) is 5.82 Å². The number of amides is 2. The Morgan fingerprint density at radius 3 is 2.52 bits per heavy atom. The smallest absolute Gasteiger partial charge is 0.255 e. The van der Waals surface area contributed by atoms with E-state index in [1.54, 1.807) is 12.4 Å². The molecule has 0 unspecified atom stereocenters. The van der Waals surface area contributed by atoms with Crippen molar-refractivity contribution in [1.82, 2.24) is 19.8 Å². The van der Waals surface area contributed by atoms with Gasteiger partial charge in [-0.3, -0.25) is 14.6 Å². The molecule has 7 nitrogen and oxygen atoms in total. The normalized spacial score (nSPS) is 19.4. The van der Waals surface area contributed by atoms with Crippen LogP contribution in [0.3, 0.4) is 0 Å². The molecule has 4 rings (SSSR count). The fourth-order valence-electron chi connectivity index (χ4n) is 4.58. The average molecular weight is 422 g/mol. The molecule has 0 bridgehead atoms. The second-order valence-electron chi connectivity index (χ2n) is 8.49. The largest absolute Gasteiger partial charge is 0.353 e. The molecular weight excluding hydrogens is 390 g/mol. The van der Waals surface area contributed by atoms with Gasteiger partial charge < -0.3 is 14.7 Å². The van der Waals surface area contributed by atoms with Gasteiger partial charge in [-0.1, -0.05) is 6.07 Å². The number of carbonyl (C=O) groups is 2. The number of rotatable bonds is 5. The minimum atomic E-state index is 0.0623. The molecule has 0 aromatic carbocycles. The van der Waals surface area contributed by atoms with Gasteiger partial charge in [-0.15, -0.1) is 0 Å². The maximum atomic E-state index is 12.9. The summed E-state index contributed by atoms with van der Waals surface area (Å²) in [6.07, 6.45) is 6.99. The molecule has 4 heterocycles. The topological polar surface area (TPSA) is 69.6 Å². The predicted molar refractivity (Wildman–Crippen MR) is 120 cm³/mol. The number of aryl methyl sites for hydroxylation is 1. The van der Waals surface area contributed by atoms with E-state index in [1.807, 2.05) is 47.1 Å². The maximum Gasteiger partial charge on any atom is 0.255 e. The quantitative estimate of drug-likeness (QED) is 0.743. The summed E-state index contributed by atoms with van der Waals surface area (Å²) < 4.78 is 0. The van der Waals surface area contributed by atoms with Gasteiger partial charge in [-0.2, -0.15) is 0 Å². The van der Waals surface area contributed by atoms with Gasteiger partial charge in [-0.25, -0.2) is 4.98 Å². The van der Waals surface area contributed by atoms with Crippen LogP contribution in [0.5, 0.6) is 0 Å². The highest BCUT2D eigenvalue weighted by Gasteiger charge is 2.27. The Balaban J connectivity index is 1.24. The van der Waals surface area contributed by atoms with Crippen LogP contribution in [0, 0.1) is 12.8 Å².